The number of aryl methyl sites for hydroxylation is 1. The van der Waals surface area contributed by atoms with Gasteiger partial charge in [-0.05, 0) is 107 Å². The van der Waals surface area contributed by atoms with Crippen LogP contribution >= 0.6 is 11.3 Å². The van der Waals surface area contributed by atoms with Crippen molar-refractivity contribution in [2.45, 2.75) is 205 Å². The van der Waals surface area contributed by atoms with E-state index >= 15 is 0 Å². The summed E-state index contributed by atoms with van der Waals surface area (Å²) in [6.45, 7) is 12.8. The van der Waals surface area contributed by atoms with Crippen LogP contribution in [-0.4, -0.2) is 128 Å². The van der Waals surface area contributed by atoms with Gasteiger partial charge < -0.3 is 52.0 Å². The third-order valence-corrected chi connectivity index (χ3v) is 17.3. The van der Waals surface area contributed by atoms with Crippen LogP contribution in [0.25, 0.3) is 10.4 Å². The maximum atomic E-state index is 14.8. The number of hydrogen-bond acceptors (Lipinski definition) is 13. The molecule has 8 atom stereocenters. The van der Waals surface area contributed by atoms with E-state index in [1.165, 1.54) is 9.80 Å². The number of β-amino-alcohol motifs (C(OH)–C–C–N with tert-alkyl or cyclic N) is 1. The number of alkyl carbamates (subject to hydrolysis) is 1. The fourth-order valence-electron chi connectivity index (χ4n) is 11.7. The van der Waals surface area contributed by atoms with Crippen LogP contribution in [-0.2, 0) is 49.6 Å². The Kier molecular flexibility index (Phi) is 23.2. The SMILES string of the molecule is Cc1ncsc1-c1ccc(CNC(=O)[C@@H]2C[C@@H](O)CN2C(=O)[C@@H](NC(=O)CCCCCCCC(=O)C2CC[C@H]3CC[C@@H](C(=O)N[C@@H](CCC(N)=O)C(=O)NC(c4ccccc4)c4ccccc4)N3C(=O)[C@@H](NC(=O)OC(C)(C)C)C2)C(C)(C)C)cc1. The predicted octanol–water partition coefficient (Wildman–Crippen LogP) is 7.24. The van der Waals surface area contributed by atoms with Gasteiger partial charge in [-0.25, -0.2) is 9.78 Å². The van der Waals surface area contributed by atoms with Crippen LogP contribution in [0.2, 0.25) is 0 Å². The second-order valence-corrected chi connectivity index (χ2v) is 26.1. The van der Waals surface area contributed by atoms with Crippen LogP contribution in [0.3, 0.4) is 0 Å². The van der Waals surface area contributed by atoms with Crippen LogP contribution in [0.5, 0.6) is 0 Å². The average Bonchev–Trinajstić information content (AvgIpc) is 2.31. The molecular weight excluding hydrogens is 1110 g/mol. The number of Topliss-reactive ketones (excluding diaryl/α,β-unsaturated/α-hetero) is 1. The molecule has 86 heavy (non-hydrogen) atoms. The van der Waals surface area contributed by atoms with Crippen molar-refractivity contribution in [2.24, 2.45) is 17.1 Å². The number of benzene rings is 3. The molecule has 1 unspecified atom stereocenters. The molecule has 8 N–H and O–H groups in total. The van der Waals surface area contributed by atoms with Crippen molar-refractivity contribution in [3.8, 4) is 10.4 Å². The Morgan fingerprint density at radius 1 is 0.744 bits per heavy atom. The monoisotopic (exact) mass is 1200 g/mol. The van der Waals surface area contributed by atoms with Gasteiger partial charge in [-0.1, -0.05) is 125 Å². The number of nitrogens with one attached hydrogen (secondary N) is 5. The van der Waals surface area contributed by atoms with E-state index in [-0.39, 0.29) is 75.6 Å². The van der Waals surface area contributed by atoms with Crippen LogP contribution < -0.4 is 32.3 Å². The number of aliphatic hydroxyl groups excluding tert-OH is 1. The maximum Gasteiger partial charge on any atom is 0.408 e. The first-order valence-electron chi connectivity index (χ1n) is 30.2. The Hall–Kier alpha value is -7.52. The van der Waals surface area contributed by atoms with Crippen molar-refractivity contribution in [3.63, 3.8) is 0 Å². The number of fused-ring (bicyclic) bond motifs is 1. The molecule has 8 amide bonds. The molecule has 3 aliphatic heterocycles. The summed E-state index contributed by atoms with van der Waals surface area (Å²) >= 11 is 1.56. The van der Waals surface area contributed by atoms with E-state index in [0.717, 1.165) is 39.2 Å². The molecule has 20 nitrogen and oxygen atoms in total. The number of carbonyl (C=O) groups is 9. The van der Waals surface area contributed by atoms with Crippen molar-refractivity contribution in [1.29, 1.82) is 0 Å². The van der Waals surface area contributed by atoms with E-state index in [1.807, 2.05) is 113 Å². The van der Waals surface area contributed by atoms with Gasteiger partial charge in [-0.15, -0.1) is 11.3 Å². The van der Waals surface area contributed by atoms with Crippen LogP contribution in [0.1, 0.15) is 166 Å². The van der Waals surface area contributed by atoms with Gasteiger partial charge in [0.05, 0.1) is 28.2 Å². The fraction of sp³-hybridized carbons (Fsp3) is 0.538. The standard InChI is InChI=1S/C65H87N9O11S/c1-40-56(86-39-68-40)44-27-25-41(26-28-44)37-67-59(80)51-36-47(75)38-73(51)62(83)57(64(2,3)4)71-54(78)24-18-10-8-9-17-23-52(76)45-29-30-46-31-33-50(74(46)61(82)49(35-45)70-63(84)85-65(5,6)7)60(81)69-48(32-34-53(66)77)58(79)72-55(42-19-13-11-14-20-42)43-21-15-12-16-22-43/h11-16,19-22,25-28,39,45-51,55,57,75H,8-10,17-18,23-24,29-38H2,1-7H3,(H2,66,77)(H,67,80)(H,69,81)(H,70,84)(H,71,78)(H,72,79)/t45?,46-,47+,48-,49-,50-,51-,57+/m0/s1. The summed E-state index contributed by atoms with van der Waals surface area (Å²) in [5.74, 6) is -4.08. The van der Waals surface area contributed by atoms with Gasteiger partial charge in [0.15, 0.2) is 0 Å². The molecule has 0 radical (unpaired) electrons. The molecule has 4 heterocycles. The summed E-state index contributed by atoms with van der Waals surface area (Å²) in [7, 11) is 0. The summed E-state index contributed by atoms with van der Waals surface area (Å²) < 4.78 is 5.57. The average molecular weight is 1200 g/mol. The van der Waals surface area contributed by atoms with Crippen LogP contribution in [0, 0.1) is 18.3 Å². The number of carbonyl (C=O) groups excluding carboxylic acids is 9. The maximum absolute atomic E-state index is 14.8. The number of nitrogens with two attached hydrogens (primary N) is 1. The van der Waals surface area contributed by atoms with Gasteiger partial charge in [0, 0.05) is 50.7 Å². The first kappa shape index (κ1) is 66.0. The summed E-state index contributed by atoms with van der Waals surface area (Å²) in [5.41, 5.74) is 10.2. The minimum atomic E-state index is -1.21. The van der Waals surface area contributed by atoms with Crippen molar-refractivity contribution in [1.82, 2.24) is 41.4 Å². The number of ketones is 1. The Bertz CT molecular complexity index is 2960. The third-order valence-electron chi connectivity index (χ3n) is 16.3. The van der Waals surface area contributed by atoms with Crippen molar-refractivity contribution in [2.75, 3.05) is 6.54 Å². The number of unbranched alkanes of at least 4 members (excludes halogenated alkanes) is 4. The molecule has 0 aliphatic carbocycles. The summed E-state index contributed by atoms with van der Waals surface area (Å²) in [6.07, 6.45) is 3.18. The second kappa shape index (κ2) is 30.2. The molecule has 464 valence electrons. The highest BCUT2D eigenvalue weighted by atomic mass is 32.1. The van der Waals surface area contributed by atoms with Crippen molar-refractivity contribution >= 4 is 64.6 Å². The van der Waals surface area contributed by atoms with Crippen LogP contribution in [0.4, 0.5) is 4.79 Å². The lowest BCUT2D eigenvalue weighted by molar-refractivity contribution is -0.144. The number of rotatable bonds is 25. The molecule has 3 saturated heterocycles. The predicted molar refractivity (Wildman–Crippen MR) is 326 cm³/mol. The number of amides is 8. The molecule has 0 spiro atoms. The van der Waals surface area contributed by atoms with Gasteiger partial charge in [-0.3, -0.25) is 38.4 Å². The number of primary amides is 1. The van der Waals surface area contributed by atoms with E-state index in [9.17, 15) is 48.3 Å². The van der Waals surface area contributed by atoms with Gasteiger partial charge in [0.2, 0.25) is 41.4 Å². The summed E-state index contributed by atoms with van der Waals surface area (Å²) in [4.78, 5) is 132. The lowest BCUT2D eigenvalue weighted by Gasteiger charge is -2.37. The molecule has 0 saturated carbocycles. The molecule has 0 bridgehead atoms. The number of thiazole rings is 1. The van der Waals surface area contributed by atoms with E-state index in [2.05, 4.69) is 31.6 Å². The molecule has 21 heteroatoms. The number of aliphatic hydroxyl groups is 1. The second-order valence-electron chi connectivity index (χ2n) is 25.2. The zero-order valence-electron chi connectivity index (χ0n) is 50.7. The van der Waals surface area contributed by atoms with Crippen molar-refractivity contribution in [3.05, 3.63) is 113 Å². The smallest absolute Gasteiger partial charge is 0.408 e. The third kappa shape index (κ3) is 18.5. The quantitative estimate of drug-likeness (QED) is 0.0324. The molecule has 3 aliphatic rings. The van der Waals surface area contributed by atoms with Gasteiger partial charge in [-0.2, -0.15) is 0 Å². The number of hydrogen-bond donors (Lipinski definition) is 7. The summed E-state index contributed by atoms with van der Waals surface area (Å²) in [5, 5.41) is 25.2. The topological polar surface area (TPSA) is 289 Å². The fourth-order valence-corrected chi connectivity index (χ4v) is 12.6. The summed E-state index contributed by atoms with van der Waals surface area (Å²) in [6, 6.07) is 20.2. The molecule has 3 fully saturated rings. The number of ether oxygens (including phenoxy) is 1. The minimum absolute atomic E-state index is 0.0120. The van der Waals surface area contributed by atoms with Crippen LogP contribution in [0.15, 0.2) is 90.4 Å². The number of nitrogens with zero attached hydrogens (tertiary/aromatic N) is 3. The van der Waals surface area contributed by atoms with E-state index in [4.69, 9.17) is 10.5 Å². The van der Waals surface area contributed by atoms with E-state index < -0.39 is 101 Å². The van der Waals surface area contributed by atoms with Gasteiger partial charge in [0.25, 0.3) is 0 Å². The zero-order chi connectivity index (χ0) is 62.3. The normalized spacial score (nSPS) is 20.4. The number of aromatic nitrogens is 1. The lowest BCUT2D eigenvalue weighted by atomic mass is 9.85. The lowest BCUT2D eigenvalue weighted by Crippen LogP contribution is -2.59. The molecule has 7 rings (SSSR count). The highest BCUT2D eigenvalue weighted by Gasteiger charge is 2.48. The highest BCUT2D eigenvalue weighted by Crippen LogP contribution is 2.35. The van der Waals surface area contributed by atoms with Gasteiger partial charge >= 0.3 is 6.09 Å². The van der Waals surface area contributed by atoms with Crippen molar-refractivity contribution < 1.29 is 53.0 Å². The molecule has 4 aromatic rings. The molecule has 1 aromatic heterocycles. The Labute approximate surface area is 508 Å². The Morgan fingerprint density at radius 3 is 1.98 bits per heavy atom. The number of likely N-dealkylation sites (tertiary alicyclic amines) is 1. The van der Waals surface area contributed by atoms with E-state index in [1.54, 1.807) is 37.6 Å². The zero-order valence-corrected chi connectivity index (χ0v) is 51.6. The molecule has 3 aromatic carbocycles. The Balaban J connectivity index is 0.898. The van der Waals surface area contributed by atoms with E-state index in [0.29, 0.717) is 44.9 Å². The minimum Gasteiger partial charge on any atom is -0.444 e. The highest BCUT2D eigenvalue weighted by molar-refractivity contribution is 7.13. The van der Waals surface area contributed by atoms with Gasteiger partial charge in [0.1, 0.15) is 41.6 Å². The first-order chi connectivity index (χ1) is 40.9. The largest absolute Gasteiger partial charge is 0.444 e. The Morgan fingerprint density at radius 2 is 1.37 bits per heavy atom. The first-order valence-corrected chi connectivity index (χ1v) is 31.1. The molecular formula is C65H87N9O11S.